The molecule has 4 nitrogen and oxygen atoms in total. The first-order valence-electron chi connectivity index (χ1n) is 9.59. The van der Waals surface area contributed by atoms with E-state index >= 15 is 0 Å². The lowest BCUT2D eigenvalue weighted by Gasteiger charge is -2.52. The Morgan fingerprint density at radius 3 is 2.84 bits per heavy atom. The van der Waals surface area contributed by atoms with E-state index in [1.807, 2.05) is 25.1 Å². The third-order valence-electron chi connectivity index (χ3n) is 5.85. The zero-order valence-corrected chi connectivity index (χ0v) is 15.9. The summed E-state index contributed by atoms with van der Waals surface area (Å²) in [5.41, 5.74) is 0.858. The molecular weight excluding hydrogens is 314 g/mol. The molecule has 25 heavy (non-hydrogen) atoms. The maximum atomic E-state index is 11.9. The predicted octanol–water partition coefficient (Wildman–Crippen LogP) is 4.25. The van der Waals surface area contributed by atoms with Gasteiger partial charge in [0.25, 0.3) is 0 Å². The first-order valence-corrected chi connectivity index (χ1v) is 9.59. The predicted molar refractivity (Wildman–Crippen MR) is 98.6 cm³/mol. The molecule has 1 heterocycles. The summed E-state index contributed by atoms with van der Waals surface area (Å²) in [6.07, 6.45) is 4.31. The second-order valence-electron chi connectivity index (χ2n) is 7.96. The van der Waals surface area contributed by atoms with E-state index in [9.17, 15) is 4.79 Å². The summed E-state index contributed by atoms with van der Waals surface area (Å²) in [5.74, 6) is 1.98. The molecular formula is C21H31NO3. The number of fused-ring (bicyclic) bond motifs is 1. The Morgan fingerprint density at radius 1 is 1.36 bits per heavy atom. The molecule has 0 spiro atoms. The van der Waals surface area contributed by atoms with Crippen LogP contribution >= 0.6 is 0 Å². The van der Waals surface area contributed by atoms with Crippen LogP contribution in [0.4, 0.5) is 0 Å². The van der Waals surface area contributed by atoms with Crippen LogP contribution < -0.4 is 10.1 Å². The molecule has 1 saturated carbocycles. The van der Waals surface area contributed by atoms with E-state index in [1.54, 1.807) is 6.92 Å². The number of carbonyl (C=O) groups is 1. The minimum Gasteiger partial charge on any atom is -0.493 e. The fourth-order valence-corrected chi connectivity index (χ4v) is 4.77. The summed E-state index contributed by atoms with van der Waals surface area (Å²) in [4.78, 5) is 11.9. The van der Waals surface area contributed by atoms with Crippen LogP contribution in [0.25, 0.3) is 0 Å². The highest BCUT2D eigenvalue weighted by atomic mass is 16.5. The lowest BCUT2D eigenvalue weighted by atomic mass is 9.66. The summed E-state index contributed by atoms with van der Waals surface area (Å²) in [6, 6.07) is 8.13. The molecule has 3 rings (SSSR count). The van der Waals surface area contributed by atoms with Crippen LogP contribution in [0.15, 0.2) is 24.3 Å². The van der Waals surface area contributed by atoms with Gasteiger partial charge in [-0.3, -0.25) is 4.79 Å². The van der Waals surface area contributed by atoms with Crippen molar-refractivity contribution < 1.29 is 14.3 Å². The van der Waals surface area contributed by atoms with Gasteiger partial charge in [-0.1, -0.05) is 31.5 Å². The number of para-hydroxylation sites is 1. The van der Waals surface area contributed by atoms with Crippen LogP contribution in [0.2, 0.25) is 0 Å². The monoisotopic (exact) mass is 345 g/mol. The van der Waals surface area contributed by atoms with Crippen molar-refractivity contribution in [3.05, 3.63) is 29.8 Å². The van der Waals surface area contributed by atoms with Crippen molar-refractivity contribution in [2.45, 2.75) is 71.1 Å². The van der Waals surface area contributed by atoms with Gasteiger partial charge in [0, 0.05) is 30.4 Å². The first kappa shape index (κ1) is 18.2. The van der Waals surface area contributed by atoms with Gasteiger partial charge in [-0.15, -0.1) is 0 Å². The topological polar surface area (TPSA) is 47.6 Å². The maximum Gasteiger partial charge on any atom is 0.217 e. The number of nitrogens with one attached hydrogen (secondary N) is 1. The van der Waals surface area contributed by atoms with Crippen molar-refractivity contribution in [3.63, 3.8) is 0 Å². The van der Waals surface area contributed by atoms with Crippen molar-refractivity contribution in [1.29, 1.82) is 0 Å². The Bertz CT molecular complexity index is 617. The average Bonchev–Trinajstić information content (AvgIpc) is 2.54. The van der Waals surface area contributed by atoms with E-state index in [-0.39, 0.29) is 23.7 Å². The largest absolute Gasteiger partial charge is 0.493 e. The summed E-state index contributed by atoms with van der Waals surface area (Å²) < 4.78 is 12.4. The second kappa shape index (κ2) is 7.36. The van der Waals surface area contributed by atoms with Crippen molar-refractivity contribution in [2.75, 3.05) is 6.61 Å². The van der Waals surface area contributed by atoms with E-state index in [2.05, 4.69) is 25.2 Å². The van der Waals surface area contributed by atoms with Crippen molar-refractivity contribution in [1.82, 2.24) is 5.32 Å². The quantitative estimate of drug-likeness (QED) is 0.887. The summed E-state index contributed by atoms with van der Waals surface area (Å²) in [7, 11) is 0. The van der Waals surface area contributed by atoms with Gasteiger partial charge in [0.1, 0.15) is 5.75 Å². The Morgan fingerprint density at radius 2 is 2.12 bits per heavy atom. The molecule has 1 N–H and O–H groups in total. The van der Waals surface area contributed by atoms with Crippen molar-refractivity contribution >= 4 is 5.91 Å². The van der Waals surface area contributed by atoms with Gasteiger partial charge in [-0.25, -0.2) is 0 Å². The molecule has 0 bridgehead atoms. The zero-order chi connectivity index (χ0) is 18.0. The lowest BCUT2D eigenvalue weighted by molar-refractivity contribution is -0.153. The number of ether oxygens (including phenoxy) is 2. The number of rotatable bonds is 4. The molecule has 1 aliphatic heterocycles. The van der Waals surface area contributed by atoms with Crippen LogP contribution in [0, 0.1) is 11.8 Å². The van der Waals surface area contributed by atoms with E-state index in [1.165, 1.54) is 6.42 Å². The molecule has 1 aromatic carbocycles. The third kappa shape index (κ3) is 3.84. The maximum absolute atomic E-state index is 11.9. The Balaban J connectivity index is 1.92. The Kier molecular flexibility index (Phi) is 5.38. The van der Waals surface area contributed by atoms with Gasteiger partial charge in [-0.05, 0) is 38.7 Å². The van der Waals surface area contributed by atoms with Crippen LogP contribution in [-0.4, -0.2) is 24.2 Å². The number of amides is 1. The molecule has 5 atom stereocenters. The highest BCUT2D eigenvalue weighted by Gasteiger charge is 2.49. The van der Waals surface area contributed by atoms with Gasteiger partial charge in [0.2, 0.25) is 5.91 Å². The second-order valence-corrected chi connectivity index (χ2v) is 7.96. The van der Waals surface area contributed by atoms with Gasteiger partial charge < -0.3 is 14.8 Å². The molecule has 0 radical (unpaired) electrons. The standard InChI is InChI=1S/C21H31NO3/c1-5-24-18-9-7-6-8-16(18)20-13-21(4,22-15(3)23)17-11-10-14(2)12-19(17)25-20/h6-9,14,17,19-20H,5,10-13H2,1-4H3,(H,22,23)/t14-,17-,19-,20-,21+/m1/s1. The molecule has 1 saturated heterocycles. The third-order valence-corrected chi connectivity index (χ3v) is 5.85. The average molecular weight is 345 g/mol. The van der Waals surface area contributed by atoms with Crippen LogP contribution in [-0.2, 0) is 9.53 Å². The van der Waals surface area contributed by atoms with Crippen LogP contribution in [0.1, 0.15) is 65.0 Å². The summed E-state index contributed by atoms with van der Waals surface area (Å²) in [5, 5.41) is 3.26. The normalized spacial score (nSPS) is 34.9. The van der Waals surface area contributed by atoms with Gasteiger partial charge in [-0.2, -0.15) is 0 Å². The van der Waals surface area contributed by atoms with E-state index < -0.39 is 0 Å². The fourth-order valence-electron chi connectivity index (χ4n) is 4.77. The van der Waals surface area contributed by atoms with E-state index in [0.29, 0.717) is 18.4 Å². The summed E-state index contributed by atoms with van der Waals surface area (Å²) >= 11 is 0. The van der Waals surface area contributed by atoms with Crippen molar-refractivity contribution in [3.8, 4) is 5.75 Å². The number of hydrogen-bond donors (Lipinski definition) is 1. The SMILES string of the molecule is CCOc1ccccc1[C@H]1C[C@](C)(NC(C)=O)[C@@H]2CC[C@@H](C)C[C@H]2O1. The van der Waals surface area contributed by atoms with Crippen LogP contribution in [0.5, 0.6) is 5.75 Å². The van der Waals surface area contributed by atoms with Gasteiger partial charge >= 0.3 is 0 Å². The molecule has 0 aromatic heterocycles. The molecule has 1 amide bonds. The van der Waals surface area contributed by atoms with Gasteiger partial charge in [0.05, 0.1) is 18.8 Å². The molecule has 1 aliphatic carbocycles. The van der Waals surface area contributed by atoms with Gasteiger partial charge in [0.15, 0.2) is 0 Å². The van der Waals surface area contributed by atoms with Crippen LogP contribution in [0.3, 0.4) is 0 Å². The van der Waals surface area contributed by atoms with Crippen molar-refractivity contribution in [2.24, 2.45) is 11.8 Å². The summed E-state index contributed by atoms with van der Waals surface area (Å²) in [6.45, 7) is 8.74. The number of benzene rings is 1. The smallest absolute Gasteiger partial charge is 0.217 e. The minimum absolute atomic E-state index is 0.0404. The Hall–Kier alpha value is -1.55. The Labute approximate surface area is 151 Å². The minimum atomic E-state index is -0.237. The highest BCUT2D eigenvalue weighted by molar-refractivity contribution is 5.73. The zero-order valence-electron chi connectivity index (χ0n) is 15.9. The number of hydrogen-bond acceptors (Lipinski definition) is 3. The van der Waals surface area contributed by atoms with E-state index in [0.717, 1.165) is 30.6 Å². The first-order chi connectivity index (χ1) is 11.9. The molecule has 0 unspecified atom stereocenters. The molecule has 2 aliphatic rings. The molecule has 138 valence electrons. The lowest BCUT2D eigenvalue weighted by Crippen LogP contribution is -2.60. The number of carbonyl (C=O) groups excluding carboxylic acids is 1. The molecule has 1 aromatic rings. The fraction of sp³-hybridized carbons (Fsp3) is 0.667. The molecule has 4 heteroatoms. The highest BCUT2D eigenvalue weighted by Crippen LogP contribution is 2.49. The van der Waals surface area contributed by atoms with E-state index in [4.69, 9.17) is 9.47 Å². The molecule has 2 fully saturated rings.